The maximum absolute atomic E-state index is 13.3. The van der Waals surface area contributed by atoms with Crippen molar-refractivity contribution in [2.45, 2.75) is 58.0 Å². The molecule has 3 rings (SSSR count). The van der Waals surface area contributed by atoms with Crippen molar-refractivity contribution in [3.8, 4) is 0 Å². The second-order valence-electron chi connectivity index (χ2n) is 7.42. The summed E-state index contributed by atoms with van der Waals surface area (Å²) in [6.45, 7) is 7.05. The van der Waals surface area contributed by atoms with Crippen LogP contribution in [0.3, 0.4) is 0 Å². The number of aryl methyl sites for hydroxylation is 2. The first kappa shape index (κ1) is 18.7. The molecule has 2 N–H and O–H groups in total. The van der Waals surface area contributed by atoms with Crippen molar-refractivity contribution in [1.82, 2.24) is 10.6 Å². The second kappa shape index (κ2) is 8.05. The van der Waals surface area contributed by atoms with E-state index in [0.29, 0.717) is 6.54 Å². The van der Waals surface area contributed by atoms with Crippen molar-refractivity contribution in [1.29, 1.82) is 0 Å². The van der Waals surface area contributed by atoms with Crippen LogP contribution in [0.25, 0.3) is 0 Å². The lowest BCUT2D eigenvalue weighted by molar-refractivity contribution is -0.129. The van der Waals surface area contributed by atoms with Crippen LogP contribution in [0.2, 0.25) is 0 Å². The number of hydrogen-bond donors (Lipinski definition) is 2. The van der Waals surface area contributed by atoms with Gasteiger partial charge >= 0.3 is 0 Å². The Bertz CT molecular complexity index is 770. The van der Waals surface area contributed by atoms with Crippen molar-refractivity contribution in [3.05, 3.63) is 70.8 Å². The van der Waals surface area contributed by atoms with Gasteiger partial charge in [0.2, 0.25) is 5.91 Å². The Morgan fingerprint density at radius 3 is 2.50 bits per heavy atom. The topological polar surface area (TPSA) is 41.1 Å². The summed E-state index contributed by atoms with van der Waals surface area (Å²) < 4.78 is 0. The van der Waals surface area contributed by atoms with E-state index in [1.54, 1.807) is 0 Å². The Morgan fingerprint density at radius 2 is 1.81 bits per heavy atom. The quantitative estimate of drug-likeness (QED) is 0.831. The summed E-state index contributed by atoms with van der Waals surface area (Å²) in [5.74, 6) is 0.104. The molecule has 0 saturated carbocycles. The molecule has 1 amide bonds. The van der Waals surface area contributed by atoms with Crippen LogP contribution in [0, 0.1) is 13.8 Å². The van der Waals surface area contributed by atoms with Crippen LogP contribution in [0.5, 0.6) is 0 Å². The summed E-state index contributed by atoms with van der Waals surface area (Å²) in [6.07, 6.45) is 3.85. The Labute approximate surface area is 157 Å². The van der Waals surface area contributed by atoms with E-state index in [9.17, 15) is 4.79 Å². The van der Waals surface area contributed by atoms with Crippen LogP contribution >= 0.6 is 0 Å². The van der Waals surface area contributed by atoms with Gasteiger partial charge in [-0.2, -0.15) is 0 Å². The zero-order valence-electron chi connectivity index (χ0n) is 16.1. The summed E-state index contributed by atoms with van der Waals surface area (Å²) in [5, 5.41) is 6.93. The molecule has 0 spiro atoms. The number of rotatable bonds is 5. The molecule has 2 aromatic carbocycles. The minimum absolute atomic E-state index is 0.104. The third-order valence-electron chi connectivity index (χ3n) is 5.56. The van der Waals surface area contributed by atoms with Crippen molar-refractivity contribution in [3.63, 3.8) is 0 Å². The fourth-order valence-corrected chi connectivity index (χ4v) is 4.18. The van der Waals surface area contributed by atoms with Crippen LogP contribution in [-0.4, -0.2) is 12.5 Å². The number of piperidine rings is 1. The van der Waals surface area contributed by atoms with Gasteiger partial charge in [-0.25, -0.2) is 0 Å². The molecule has 0 radical (unpaired) electrons. The van der Waals surface area contributed by atoms with E-state index in [-0.39, 0.29) is 11.9 Å². The molecule has 2 unspecified atom stereocenters. The third kappa shape index (κ3) is 3.54. The monoisotopic (exact) mass is 350 g/mol. The van der Waals surface area contributed by atoms with Crippen LogP contribution in [0.1, 0.15) is 60.9 Å². The predicted molar refractivity (Wildman–Crippen MR) is 107 cm³/mol. The molecule has 1 aliphatic rings. The zero-order chi connectivity index (χ0) is 18.6. The van der Waals surface area contributed by atoms with Gasteiger partial charge in [0, 0.05) is 12.6 Å². The molecule has 0 aliphatic carbocycles. The lowest BCUT2D eigenvalue weighted by Crippen LogP contribution is -2.57. The van der Waals surface area contributed by atoms with Gasteiger partial charge in [0.25, 0.3) is 0 Å². The molecule has 1 heterocycles. The van der Waals surface area contributed by atoms with Gasteiger partial charge in [-0.3, -0.25) is 10.1 Å². The van der Waals surface area contributed by atoms with Gasteiger partial charge in [-0.15, -0.1) is 0 Å². The molecule has 26 heavy (non-hydrogen) atoms. The molecule has 138 valence electrons. The van der Waals surface area contributed by atoms with Gasteiger partial charge in [0.05, 0.1) is 0 Å². The van der Waals surface area contributed by atoms with Crippen LogP contribution < -0.4 is 10.6 Å². The Morgan fingerprint density at radius 1 is 1.12 bits per heavy atom. The summed E-state index contributed by atoms with van der Waals surface area (Å²) in [6, 6.07) is 17.0. The normalized spacial score (nSPS) is 22.8. The van der Waals surface area contributed by atoms with Gasteiger partial charge in [0.1, 0.15) is 5.54 Å². The fraction of sp³-hybridized carbons (Fsp3) is 0.435. The number of amides is 1. The lowest BCUT2D eigenvalue weighted by atomic mass is 9.76. The van der Waals surface area contributed by atoms with E-state index in [0.717, 1.165) is 36.8 Å². The lowest BCUT2D eigenvalue weighted by Gasteiger charge is -2.43. The van der Waals surface area contributed by atoms with Crippen molar-refractivity contribution in [2.24, 2.45) is 0 Å². The predicted octanol–water partition coefficient (Wildman–Crippen LogP) is 4.54. The van der Waals surface area contributed by atoms with Crippen molar-refractivity contribution in [2.75, 3.05) is 6.54 Å². The van der Waals surface area contributed by atoms with Crippen molar-refractivity contribution < 1.29 is 4.79 Å². The number of carbonyl (C=O) groups excluding carboxylic acids is 1. The Hall–Kier alpha value is -2.13. The zero-order valence-corrected chi connectivity index (χ0v) is 16.1. The summed E-state index contributed by atoms with van der Waals surface area (Å²) >= 11 is 0. The highest BCUT2D eigenvalue weighted by molar-refractivity contribution is 5.88. The molecule has 3 heteroatoms. The van der Waals surface area contributed by atoms with E-state index in [1.807, 2.05) is 12.1 Å². The number of hydrogen-bond acceptors (Lipinski definition) is 2. The number of benzene rings is 2. The molecular formula is C23H30N2O. The first-order chi connectivity index (χ1) is 12.6. The van der Waals surface area contributed by atoms with Crippen molar-refractivity contribution >= 4 is 5.91 Å². The van der Waals surface area contributed by atoms with E-state index in [1.165, 1.54) is 11.1 Å². The molecule has 1 aliphatic heterocycles. The average molecular weight is 351 g/mol. The fourth-order valence-electron chi connectivity index (χ4n) is 4.18. The minimum Gasteiger partial charge on any atom is -0.354 e. The smallest absolute Gasteiger partial charge is 0.244 e. The SMILES string of the molecule is CCCNC(=O)C1(c2ccccc2C)CCCC(c2ccccc2C)N1. The number of nitrogens with one attached hydrogen (secondary N) is 2. The molecule has 3 nitrogen and oxygen atoms in total. The summed E-state index contributed by atoms with van der Waals surface area (Å²) in [4.78, 5) is 13.3. The molecule has 0 bridgehead atoms. The molecule has 2 atom stereocenters. The van der Waals surface area contributed by atoms with Crippen LogP contribution in [-0.2, 0) is 10.3 Å². The summed E-state index contributed by atoms with van der Waals surface area (Å²) in [5.41, 5.74) is 4.18. The molecule has 1 saturated heterocycles. The average Bonchev–Trinajstić information content (AvgIpc) is 2.66. The van der Waals surface area contributed by atoms with E-state index < -0.39 is 5.54 Å². The second-order valence-corrected chi connectivity index (χ2v) is 7.42. The standard InChI is InChI=1S/C23H30N2O/c1-4-16-24-22(26)23(20-13-8-6-11-18(20)3)15-9-14-21(25-23)19-12-7-5-10-17(19)2/h5-8,10-13,21,25H,4,9,14-16H2,1-3H3,(H,24,26). The molecule has 0 aromatic heterocycles. The minimum atomic E-state index is -0.661. The highest BCUT2D eigenvalue weighted by Gasteiger charge is 2.44. The summed E-state index contributed by atoms with van der Waals surface area (Å²) in [7, 11) is 0. The van der Waals surface area contributed by atoms with Gasteiger partial charge in [-0.05, 0) is 61.8 Å². The van der Waals surface area contributed by atoms with E-state index >= 15 is 0 Å². The largest absolute Gasteiger partial charge is 0.354 e. The first-order valence-electron chi connectivity index (χ1n) is 9.76. The molecular weight excluding hydrogens is 320 g/mol. The van der Waals surface area contributed by atoms with E-state index in [4.69, 9.17) is 0 Å². The van der Waals surface area contributed by atoms with Gasteiger partial charge in [0.15, 0.2) is 0 Å². The highest BCUT2D eigenvalue weighted by atomic mass is 16.2. The molecule has 1 fully saturated rings. The van der Waals surface area contributed by atoms with E-state index in [2.05, 4.69) is 67.8 Å². The Kier molecular flexibility index (Phi) is 5.77. The van der Waals surface area contributed by atoms with Crippen LogP contribution in [0.15, 0.2) is 48.5 Å². The maximum atomic E-state index is 13.3. The maximum Gasteiger partial charge on any atom is 0.244 e. The highest BCUT2D eigenvalue weighted by Crippen LogP contribution is 2.39. The van der Waals surface area contributed by atoms with Gasteiger partial charge < -0.3 is 5.32 Å². The number of carbonyl (C=O) groups is 1. The molecule has 2 aromatic rings. The van der Waals surface area contributed by atoms with Gasteiger partial charge in [-0.1, -0.05) is 55.5 Å². The first-order valence-corrected chi connectivity index (χ1v) is 9.76. The van der Waals surface area contributed by atoms with Crippen LogP contribution in [0.4, 0.5) is 0 Å². The Balaban J connectivity index is 2.02. The third-order valence-corrected chi connectivity index (χ3v) is 5.56.